The van der Waals surface area contributed by atoms with Gasteiger partial charge in [0.1, 0.15) is 6.10 Å². The van der Waals surface area contributed by atoms with E-state index in [-0.39, 0.29) is 12.2 Å². The van der Waals surface area contributed by atoms with E-state index >= 15 is 0 Å². The number of ether oxygens (including phenoxy) is 1. The van der Waals surface area contributed by atoms with E-state index in [0.717, 1.165) is 48.8 Å². The van der Waals surface area contributed by atoms with E-state index in [0.29, 0.717) is 0 Å². The minimum atomic E-state index is -0.359. The van der Waals surface area contributed by atoms with Crippen LogP contribution in [0.25, 0.3) is 10.9 Å². The highest BCUT2D eigenvalue weighted by Gasteiger charge is 2.19. The number of carbonyl (C=O) groups excluding carboxylic acids is 1. The van der Waals surface area contributed by atoms with Gasteiger partial charge in [0.05, 0.1) is 0 Å². The molecule has 5 nitrogen and oxygen atoms in total. The fraction of sp³-hybridized carbons (Fsp3) is 0.300. The Balaban J connectivity index is 1.46. The zero-order valence-corrected chi connectivity index (χ0v) is 14.0. The minimum absolute atomic E-state index is 0.0742. The molecule has 1 fully saturated rings. The molecule has 0 unspecified atom stereocenters. The van der Waals surface area contributed by atoms with Crippen molar-refractivity contribution in [1.82, 2.24) is 9.55 Å². The third kappa shape index (κ3) is 3.65. The van der Waals surface area contributed by atoms with Crippen LogP contribution in [-0.4, -0.2) is 21.7 Å². The maximum absolute atomic E-state index is 12.0. The molecule has 1 aliphatic rings. The van der Waals surface area contributed by atoms with Crippen molar-refractivity contribution in [3.63, 3.8) is 0 Å². The molecule has 0 spiro atoms. The zero-order chi connectivity index (χ0) is 17.1. The molecule has 3 aromatic rings. The molecule has 0 aliphatic heterocycles. The van der Waals surface area contributed by atoms with Crippen molar-refractivity contribution in [3.8, 4) is 0 Å². The first-order valence-corrected chi connectivity index (χ1v) is 8.73. The topological polar surface area (TPSA) is 56.2 Å². The number of hydrogen-bond acceptors (Lipinski definition) is 3. The molecular formula is C20H21N3O2. The number of pyridine rings is 1. The molecule has 0 bridgehead atoms. The number of anilines is 1. The van der Waals surface area contributed by atoms with Gasteiger partial charge >= 0.3 is 6.09 Å². The monoisotopic (exact) mass is 335 g/mol. The summed E-state index contributed by atoms with van der Waals surface area (Å²) in [6.07, 6.45) is 9.63. The van der Waals surface area contributed by atoms with E-state index < -0.39 is 0 Å². The molecule has 1 saturated carbocycles. The van der Waals surface area contributed by atoms with Crippen molar-refractivity contribution >= 4 is 22.7 Å². The van der Waals surface area contributed by atoms with E-state index in [9.17, 15) is 4.79 Å². The molecule has 25 heavy (non-hydrogen) atoms. The number of nitrogens with zero attached hydrogens (tertiary/aromatic N) is 2. The number of rotatable bonds is 4. The lowest BCUT2D eigenvalue weighted by Gasteiger charge is -2.12. The Hall–Kier alpha value is -2.82. The van der Waals surface area contributed by atoms with Gasteiger partial charge in [0.15, 0.2) is 0 Å². The van der Waals surface area contributed by atoms with E-state index in [1.54, 1.807) is 12.4 Å². The Morgan fingerprint density at radius 3 is 2.76 bits per heavy atom. The summed E-state index contributed by atoms with van der Waals surface area (Å²) in [7, 11) is 0. The number of fused-ring (bicyclic) bond motifs is 1. The number of hydrogen-bond donors (Lipinski definition) is 1. The molecule has 1 aromatic carbocycles. The largest absolute Gasteiger partial charge is 0.446 e. The van der Waals surface area contributed by atoms with Crippen LogP contribution in [0.2, 0.25) is 0 Å². The Labute approximate surface area is 146 Å². The van der Waals surface area contributed by atoms with Gasteiger partial charge in [0, 0.05) is 41.7 Å². The van der Waals surface area contributed by atoms with Gasteiger partial charge in [-0.15, -0.1) is 0 Å². The smallest absolute Gasteiger partial charge is 0.411 e. The van der Waals surface area contributed by atoms with Crippen LogP contribution in [-0.2, 0) is 11.3 Å². The second-order valence-electron chi connectivity index (χ2n) is 6.51. The first-order chi connectivity index (χ1) is 12.3. The number of nitrogens with one attached hydrogen (secondary N) is 1. The highest BCUT2D eigenvalue weighted by atomic mass is 16.6. The van der Waals surface area contributed by atoms with Crippen molar-refractivity contribution in [3.05, 3.63) is 60.6 Å². The minimum Gasteiger partial charge on any atom is -0.446 e. The maximum atomic E-state index is 12.0. The standard InChI is InChI=1S/C20H21N3O2/c24-20(25-18-3-1-2-4-18)22-17-5-6-19-16(13-17)9-12-23(19)14-15-7-10-21-11-8-15/h5-13,18H,1-4,14H2,(H,22,24). The van der Waals surface area contributed by atoms with Gasteiger partial charge in [-0.3, -0.25) is 10.3 Å². The fourth-order valence-electron chi connectivity index (χ4n) is 3.41. The summed E-state index contributed by atoms with van der Waals surface area (Å²) in [4.78, 5) is 16.1. The number of benzene rings is 1. The molecule has 128 valence electrons. The molecule has 0 radical (unpaired) electrons. The van der Waals surface area contributed by atoms with E-state index in [1.807, 2.05) is 30.3 Å². The number of aromatic nitrogens is 2. The van der Waals surface area contributed by atoms with Gasteiger partial charge in [-0.25, -0.2) is 4.79 Å². The highest BCUT2D eigenvalue weighted by Crippen LogP contribution is 2.24. The highest BCUT2D eigenvalue weighted by molar-refractivity contribution is 5.90. The number of amides is 1. The molecule has 0 saturated heterocycles. The maximum Gasteiger partial charge on any atom is 0.411 e. The normalized spacial score (nSPS) is 14.7. The molecule has 1 amide bonds. The van der Waals surface area contributed by atoms with Gasteiger partial charge in [0.25, 0.3) is 0 Å². The first kappa shape index (κ1) is 15.7. The van der Waals surface area contributed by atoms with Crippen molar-refractivity contribution < 1.29 is 9.53 Å². The number of carbonyl (C=O) groups is 1. The van der Waals surface area contributed by atoms with Crippen LogP contribution >= 0.6 is 0 Å². The summed E-state index contributed by atoms with van der Waals surface area (Å²) in [5.41, 5.74) is 3.10. The molecule has 2 heterocycles. The predicted molar refractivity (Wildman–Crippen MR) is 97.6 cm³/mol. The van der Waals surface area contributed by atoms with Gasteiger partial charge in [-0.2, -0.15) is 0 Å². The summed E-state index contributed by atoms with van der Waals surface area (Å²) < 4.78 is 7.64. The van der Waals surface area contributed by atoms with Crippen LogP contribution in [0.15, 0.2) is 55.0 Å². The van der Waals surface area contributed by atoms with E-state index in [4.69, 9.17) is 4.74 Å². The summed E-state index contributed by atoms with van der Waals surface area (Å²) in [6, 6.07) is 12.0. The quantitative estimate of drug-likeness (QED) is 0.759. The lowest BCUT2D eigenvalue weighted by atomic mass is 10.2. The molecule has 5 heteroatoms. The second-order valence-corrected chi connectivity index (χ2v) is 6.51. The molecule has 1 N–H and O–H groups in total. The molecule has 4 rings (SSSR count). The van der Waals surface area contributed by atoms with Gasteiger partial charge in [0.2, 0.25) is 0 Å². The van der Waals surface area contributed by atoms with Crippen molar-refractivity contribution in [2.45, 2.75) is 38.3 Å². The Morgan fingerprint density at radius 1 is 1.16 bits per heavy atom. The third-order valence-corrected chi connectivity index (χ3v) is 4.70. The van der Waals surface area contributed by atoms with Crippen LogP contribution in [0, 0.1) is 0 Å². The van der Waals surface area contributed by atoms with Gasteiger partial charge < -0.3 is 9.30 Å². The Morgan fingerprint density at radius 2 is 1.96 bits per heavy atom. The average molecular weight is 335 g/mol. The fourth-order valence-corrected chi connectivity index (χ4v) is 3.41. The third-order valence-electron chi connectivity index (χ3n) is 4.70. The van der Waals surface area contributed by atoms with Crippen LogP contribution < -0.4 is 5.32 Å². The molecule has 1 aliphatic carbocycles. The van der Waals surface area contributed by atoms with Crippen molar-refractivity contribution in [2.75, 3.05) is 5.32 Å². The molecular weight excluding hydrogens is 314 g/mol. The average Bonchev–Trinajstić information content (AvgIpc) is 3.26. The van der Waals surface area contributed by atoms with Gasteiger partial charge in [-0.1, -0.05) is 0 Å². The lowest BCUT2D eigenvalue weighted by Crippen LogP contribution is -2.20. The van der Waals surface area contributed by atoms with Crippen LogP contribution in [0.3, 0.4) is 0 Å². The molecule has 0 atom stereocenters. The van der Waals surface area contributed by atoms with E-state index in [1.165, 1.54) is 5.56 Å². The molecule has 2 aromatic heterocycles. The van der Waals surface area contributed by atoms with E-state index in [2.05, 4.69) is 27.1 Å². The van der Waals surface area contributed by atoms with Crippen molar-refractivity contribution in [2.24, 2.45) is 0 Å². The van der Waals surface area contributed by atoms with Crippen molar-refractivity contribution in [1.29, 1.82) is 0 Å². The van der Waals surface area contributed by atoms with Crippen LogP contribution in [0.5, 0.6) is 0 Å². The second kappa shape index (κ2) is 6.97. The van der Waals surface area contributed by atoms with Crippen LogP contribution in [0.1, 0.15) is 31.2 Å². The van der Waals surface area contributed by atoms with Crippen LogP contribution in [0.4, 0.5) is 10.5 Å². The SMILES string of the molecule is O=C(Nc1ccc2c(ccn2Cc2ccncc2)c1)OC1CCCC1. The summed E-state index contributed by atoms with van der Waals surface area (Å²) in [5, 5.41) is 3.93. The Bertz CT molecular complexity index is 867. The lowest BCUT2D eigenvalue weighted by molar-refractivity contribution is 0.114. The summed E-state index contributed by atoms with van der Waals surface area (Å²) >= 11 is 0. The zero-order valence-electron chi connectivity index (χ0n) is 14.0. The predicted octanol–water partition coefficient (Wildman–Crippen LogP) is 4.58. The first-order valence-electron chi connectivity index (χ1n) is 8.73. The summed E-state index contributed by atoms with van der Waals surface area (Å²) in [6.45, 7) is 0.794. The Kier molecular flexibility index (Phi) is 4.37. The van der Waals surface area contributed by atoms with Gasteiger partial charge in [-0.05, 0) is 67.6 Å². The summed E-state index contributed by atoms with van der Waals surface area (Å²) in [5.74, 6) is 0.